The molecule has 0 aromatic heterocycles. The van der Waals surface area contributed by atoms with E-state index in [0.717, 1.165) is 37.1 Å². The number of hydrogen-bond acceptors (Lipinski definition) is 3. The SMILES string of the molecule is C[C@H]1CC2=C(CCCN2)C(=O)[C@@H]1O. The van der Waals surface area contributed by atoms with Crippen LogP contribution in [0.5, 0.6) is 0 Å². The summed E-state index contributed by atoms with van der Waals surface area (Å²) >= 11 is 0. The normalized spacial score (nSPS) is 34.2. The van der Waals surface area contributed by atoms with Crippen LogP contribution < -0.4 is 5.32 Å². The zero-order valence-electron chi connectivity index (χ0n) is 7.84. The highest BCUT2D eigenvalue weighted by molar-refractivity contribution is 6.00. The molecule has 0 saturated heterocycles. The highest BCUT2D eigenvalue weighted by atomic mass is 16.3. The molecule has 72 valence electrons. The first-order valence-corrected chi connectivity index (χ1v) is 4.88. The van der Waals surface area contributed by atoms with Gasteiger partial charge in [-0.05, 0) is 25.2 Å². The van der Waals surface area contributed by atoms with Crippen LogP contribution in [0.3, 0.4) is 0 Å². The maximum Gasteiger partial charge on any atom is 0.189 e. The van der Waals surface area contributed by atoms with Crippen LogP contribution in [0.15, 0.2) is 11.3 Å². The van der Waals surface area contributed by atoms with Crippen LogP contribution >= 0.6 is 0 Å². The number of carbonyl (C=O) groups excluding carboxylic acids is 1. The third-order valence-corrected chi connectivity index (χ3v) is 2.94. The number of rotatable bonds is 0. The van der Waals surface area contributed by atoms with Gasteiger partial charge in [0.25, 0.3) is 0 Å². The monoisotopic (exact) mass is 181 g/mol. The third-order valence-electron chi connectivity index (χ3n) is 2.94. The lowest BCUT2D eigenvalue weighted by molar-refractivity contribution is -0.126. The van der Waals surface area contributed by atoms with Gasteiger partial charge in [-0.25, -0.2) is 0 Å². The van der Waals surface area contributed by atoms with Gasteiger partial charge in [-0.1, -0.05) is 6.92 Å². The Morgan fingerprint density at radius 2 is 2.31 bits per heavy atom. The maximum atomic E-state index is 11.6. The Labute approximate surface area is 77.8 Å². The minimum atomic E-state index is -0.765. The molecular weight excluding hydrogens is 166 g/mol. The molecule has 1 heterocycles. The summed E-state index contributed by atoms with van der Waals surface area (Å²) in [7, 11) is 0. The average Bonchev–Trinajstić information content (AvgIpc) is 2.15. The van der Waals surface area contributed by atoms with E-state index in [-0.39, 0.29) is 11.7 Å². The lowest BCUT2D eigenvalue weighted by Gasteiger charge is -2.31. The van der Waals surface area contributed by atoms with Gasteiger partial charge in [0.1, 0.15) is 6.10 Å². The molecule has 3 heteroatoms. The first kappa shape index (κ1) is 8.75. The molecule has 1 aliphatic heterocycles. The fourth-order valence-corrected chi connectivity index (χ4v) is 2.10. The van der Waals surface area contributed by atoms with E-state index in [4.69, 9.17) is 0 Å². The quantitative estimate of drug-likeness (QED) is 0.575. The van der Waals surface area contributed by atoms with Gasteiger partial charge in [0, 0.05) is 17.8 Å². The van der Waals surface area contributed by atoms with Gasteiger partial charge < -0.3 is 10.4 Å². The number of aliphatic hydroxyl groups is 1. The number of carbonyl (C=O) groups is 1. The molecule has 2 N–H and O–H groups in total. The minimum absolute atomic E-state index is 0.0547. The number of allylic oxidation sites excluding steroid dienone is 1. The van der Waals surface area contributed by atoms with Gasteiger partial charge in [0.2, 0.25) is 0 Å². The van der Waals surface area contributed by atoms with Crippen molar-refractivity contribution in [1.82, 2.24) is 5.32 Å². The minimum Gasteiger partial charge on any atom is -0.388 e. The number of aliphatic hydroxyl groups excluding tert-OH is 1. The fourth-order valence-electron chi connectivity index (χ4n) is 2.10. The Kier molecular flexibility index (Phi) is 2.12. The van der Waals surface area contributed by atoms with Crippen molar-refractivity contribution in [3.63, 3.8) is 0 Å². The fraction of sp³-hybridized carbons (Fsp3) is 0.700. The molecule has 0 fully saturated rings. The van der Waals surface area contributed by atoms with E-state index in [0.29, 0.717) is 0 Å². The molecule has 0 unspecified atom stereocenters. The number of nitrogens with one attached hydrogen (secondary N) is 1. The Balaban J connectivity index is 2.31. The van der Waals surface area contributed by atoms with Gasteiger partial charge >= 0.3 is 0 Å². The van der Waals surface area contributed by atoms with Crippen LogP contribution in [0.25, 0.3) is 0 Å². The van der Waals surface area contributed by atoms with Gasteiger partial charge in [-0.15, -0.1) is 0 Å². The number of ketones is 1. The molecule has 0 aromatic rings. The predicted octanol–water partition coefficient (Wildman–Crippen LogP) is 0.594. The van der Waals surface area contributed by atoms with E-state index in [9.17, 15) is 9.90 Å². The van der Waals surface area contributed by atoms with Crippen LogP contribution in [-0.4, -0.2) is 23.5 Å². The molecule has 0 spiro atoms. The van der Waals surface area contributed by atoms with E-state index >= 15 is 0 Å². The van der Waals surface area contributed by atoms with E-state index in [1.54, 1.807) is 0 Å². The number of hydrogen-bond donors (Lipinski definition) is 2. The lowest BCUT2D eigenvalue weighted by atomic mass is 9.82. The molecule has 3 nitrogen and oxygen atoms in total. The van der Waals surface area contributed by atoms with Crippen molar-refractivity contribution in [2.75, 3.05) is 6.54 Å². The van der Waals surface area contributed by atoms with Crippen molar-refractivity contribution in [2.24, 2.45) is 5.92 Å². The van der Waals surface area contributed by atoms with Crippen LogP contribution in [0, 0.1) is 5.92 Å². The van der Waals surface area contributed by atoms with E-state index in [1.807, 2.05) is 6.92 Å². The highest BCUT2D eigenvalue weighted by Gasteiger charge is 2.34. The predicted molar refractivity (Wildman–Crippen MR) is 49.1 cm³/mol. The standard InChI is InChI=1S/C10H15NO2/c1-6-5-8-7(3-2-4-11-8)10(13)9(6)12/h6,9,11-12H,2-5H2,1H3/t6-,9+/m0/s1. The summed E-state index contributed by atoms with van der Waals surface area (Å²) in [6.45, 7) is 2.89. The second-order valence-electron chi connectivity index (χ2n) is 3.98. The van der Waals surface area contributed by atoms with Gasteiger partial charge in [-0.2, -0.15) is 0 Å². The molecule has 2 rings (SSSR count). The van der Waals surface area contributed by atoms with Gasteiger partial charge in [0.05, 0.1) is 0 Å². The van der Waals surface area contributed by atoms with Gasteiger partial charge in [0.15, 0.2) is 5.78 Å². The summed E-state index contributed by atoms with van der Waals surface area (Å²) in [5.74, 6) is 0.0119. The molecule has 0 amide bonds. The van der Waals surface area contributed by atoms with Crippen molar-refractivity contribution in [1.29, 1.82) is 0 Å². The highest BCUT2D eigenvalue weighted by Crippen LogP contribution is 2.30. The van der Waals surface area contributed by atoms with Crippen molar-refractivity contribution >= 4 is 5.78 Å². The molecule has 0 aromatic carbocycles. The second-order valence-corrected chi connectivity index (χ2v) is 3.98. The lowest BCUT2D eigenvalue weighted by Crippen LogP contribution is -2.39. The topological polar surface area (TPSA) is 49.3 Å². The molecule has 2 aliphatic rings. The summed E-state index contributed by atoms with van der Waals surface area (Å²) < 4.78 is 0. The molecule has 0 radical (unpaired) electrons. The first-order chi connectivity index (χ1) is 6.20. The van der Waals surface area contributed by atoms with Crippen molar-refractivity contribution in [3.8, 4) is 0 Å². The Morgan fingerprint density at radius 1 is 1.54 bits per heavy atom. The zero-order chi connectivity index (χ0) is 9.42. The van der Waals surface area contributed by atoms with Crippen LogP contribution in [0.1, 0.15) is 26.2 Å². The van der Waals surface area contributed by atoms with Crippen LogP contribution in [-0.2, 0) is 4.79 Å². The molecular formula is C10H15NO2. The molecule has 0 saturated carbocycles. The molecule has 1 aliphatic carbocycles. The largest absolute Gasteiger partial charge is 0.388 e. The van der Waals surface area contributed by atoms with Crippen molar-refractivity contribution < 1.29 is 9.90 Å². The summed E-state index contributed by atoms with van der Waals surface area (Å²) in [4.78, 5) is 11.6. The third kappa shape index (κ3) is 1.37. The van der Waals surface area contributed by atoms with Crippen molar-refractivity contribution in [3.05, 3.63) is 11.3 Å². The Hall–Kier alpha value is -0.830. The summed E-state index contributed by atoms with van der Waals surface area (Å²) in [6, 6.07) is 0. The van der Waals surface area contributed by atoms with Crippen molar-refractivity contribution in [2.45, 2.75) is 32.3 Å². The average molecular weight is 181 g/mol. The summed E-state index contributed by atoms with van der Waals surface area (Å²) in [6.07, 6.45) is 1.90. The van der Waals surface area contributed by atoms with E-state index in [1.165, 1.54) is 0 Å². The summed E-state index contributed by atoms with van der Waals surface area (Å²) in [5, 5.41) is 12.8. The van der Waals surface area contributed by atoms with Gasteiger partial charge in [-0.3, -0.25) is 4.79 Å². The molecule has 0 bridgehead atoms. The second kappa shape index (κ2) is 3.14. The Morgan fingerprint density at radius 3 is 3.08 bits per heavy atom. The van der Waals surface area contributed by atoms with E-state index in [2.05, 4.69) is 5.32 Å². The van der Waals surface area contributed by atoms with E-state index < -0.39 is 6.10 Å². The maximum absolute atomic E-state index is 11.6. The first-order valence-electron chi connectivity index (χ1n) is 4.88. The number of Topliss-reactive ketones (excluding diaryl/α,β-unsaturated/α-hetero) is 1. The zero-order valence-corrected chi connectivity index (χ0v) is 7.84. The Bertz CT molecular complexity index is 270. The summed E-state index contributed by atoms with van der Waals surface area (Å²) in [5.41, 5.74) is 1.92. The van der Waals surface area contributed by atoms with Crippen LogP contribution in [0.2, 0.25) is 0 Å². The van der Waals surface area contributed by atoms with Crippen LogP contribution in [0.4, 0.5) is 0 Å². The molecule has 13 heavy (non-hydrogen) atoms. The molecule has 2 atom stereocenters. The smallest absolute Gasteiger partial charge is 0.189 e.